The molecule has 26 heavy (non-hydrogen) atoms. The summed E-state index contributed by atoms with van der Waals surface area (Å²) in [6.45, 7) is 2.15. The number of amides is 2. The number of benzene rings is 2. The van der Waals surface area contributed by atoms with Crippen molar-refractivity contribution in [1.29, 1.82) is 0 Å². The van der Waals surface area contributed by atoms with Crippen LogP contribution in [0.4, 0.5) is 11.4 Å². The molecular formula is C19H17ClLiN2O3+. The third-order valence-electron chi connectivity index (χ3n) is 4.34. The average Bonchev–Trinajstić information content (AvgIpc) is 2.61. The number of ketones is 1. The Morgan fingerprint density at radius 3 is 2.38 bits per heavy atom. The van der Waals surface area contributed by atoms with Crippen molar-refractivity contribution in [3.05, 3.63) is 59.1 Å². The fraction of sp³-hybridized carbons (Fsp3) is 0.211. The number of para-hydroxylation sites is 1. The van der Waals surface area contributed by atoms with Crippen LogP contribution in [0.25, 0.3) is 0 Å². The maximum atomic E-state index is 13.0. The minimum absolute atomic E-state index is 0. The first kappa shape index (κ1) is 20.3. The maximum absolute atomic E-state index is 13.0. The van der Waals surface area contributed by atoms with Crippen molar-refractivity contribution >= 4 is 40.6 Å². The van der Waals surface area contributed by atoms with Crippen molar-refractivity contribution in [3.63, 3.8) is 0 Å². The van der Waals surface area contributed by atoms with Crippen LogP contribution in [0.5, 0.6) is 0 Å². The smallest absolute Gasteiger partial charge is 0.314 e. The molecule has 3 rings (SSSR count). The van der Waals surface area contributed by atoms with E-state index in [9.17, 15) is 14.4 Å². The van der Waals surface area contributed by atoms with E-state index < -0.39 is 23.5 Å². The predicted molar refractivity (Wildman–Crippen MR) is 97.2 cm³/mol. The van der Waals surface area contributed by atoms with Gasteiger partial charge in [0.2, 0.25) is 11.8 Å². The van der Waals surface area contributed by atoms with Crippen LogP contribution in [0.1, 0.15) is 17.3 Å². The molecule has 1 unspecified atom stereocenters. The van der Waals surface area contributed by atoms with Crippen LogP contribution in [-0.2, 0) is 9.59 Å². The average molecular weight is 364 g/mol. The molecule has 1 heterocycles. The number of hydrogen-bond donors (Lipinski definition) is 0. The van der Waals surface area contributed by atoms with Crippen molar-refractivity contribution in [2.45, 2.75) is 6.92 Å². The Hall–Kier alpha value is -2.06. The van der Waals surface area contributed by atoms with Gasteiger partial charge in [-0.2, -0.15) is 0 Å². The number of fused-ring (bicyclic) bond motifs is 1. The van der Waals surface area contributed by atoms with Gasteiger partial charge in [0.1, 0.15) is 0 Å². The number of anilines is 2. The predicted octanol–water partition coefficient (Wildman–Crippen LogP) is 0.172. The summed E-state index contributed by atoms with van der Waals surface area (Å²) >= 11 is 6.17. The molecule has 2 aromatic carbocycles. The molecule has 0 aromatic heterocycles. The summed E-state index contributed by atoms with van der Waals surface area (Å²) in [5, 5.41) is 0.238. The Balaban J connectivity index is 0.00000243. The van der Waals surface area contributed by atoms with Gasteiger partial charge in [-0.3, -0.25) is 14.4 Å². The molecule has 0 saturated carbocycles. The van der Waals surface area contributed by atoms with Gasteiger partial charge in [0.15, 0.2) is 11.7 Å². The molecule has 5 nitrogen and oxygen atoms in total. The number of carbonyl (C=O) groups excluding carboxylic acids is 3. The summed E-state index contributed by atoms with van der Waals surface area (Å²) in [4.78, 5) is 41.4. The van der Waals surface area contributed by atoms with E-state index in [4.69, 9.17) is 11.6 Å². The van der Waals surface area contributed by atoms with Gasteiger partial charge in [-0.15, -0.1) is 0 Å². The van der Waals surface area contributed by atoms with E-state index >= 15 is 0 Å². The fourth-order valence-electron chi connectivity index (χ4n) is 3.05. The van der Waals surface area contributed by atoms with Crippen LogP contribution in [0.15, 0.2) is 48.5 Å². The Morgan fingerprint density at radius 1 is 1.12 bits per heavy atom. The summed E-state index contributed by atoms with van der Waals surface area (Å²) in [5.74, 6) is -3.05. The van der Waals surface area contributed by atoms with Crippen molar-refractivity contribution in [3.8, 4) is 0 Å². The molecule has 1 aliphatic rings. The van der Waals surface area contributed by atoms with Gasteiger partial charge in [0.25, 0.3) is 0 Å². The zero-order valence-corrected chi connectivity index (χ0v) is 15.7. The Kier molecular flexibility index (Phi) is 6.30. The normalized spacial score (nSPS) is 16.0. The van der Waals surface area contributed by atoms with Crippen LogP contribution < -0.4 is 28.7 Å². The summed E-state index contributed by atoms with van der Waals surface area (Å²) in [7, 11) is 1.54. The largest absolute Gasteiger partial charge is 1.00 e. The number of nitrogens with zero attached hydrogens (tertiary/aromatic N) is 2. The van der Waals surface area contributed by atoms with Crippen molar-refractivity contribution in [1.82, 2.24) is 0 Å². The van der Waals surface area contributed by atoms with Gasteiger partial charge < -0.3 is 9.80 Å². The molecule has 7 heteroatoms. The molecule has 1 atom stereocenters. The molecule has 1 aliphatic heterocycles. The second-order valence-electron chi connectivity index (χ2n) is 5.75. The number of Topliss-reactive ketones (excluding diaryl/α,β-unsaturated/α-hetero) is 1. The first-order chi connectivity index (χ1) is 12.0. The molecule has 0 aliphatic carbocycles. The molecule has 0 saturated heterocycles. The van der Waals surface area contributed by atoms with Crippen molar-refractivity contribution < 1.29 is 33.2 Å². The van der Waals surface area contributed by atoms with E-state index in [1.165, 1.54) is 9.80 Å². The Morgan fingerprint density at radius 2 is 1.77 bits per heavy atom. The van der Waals surface area contributed by atoms with E-state index in [0.29, 0.717) is 17.9 Å². The molecule has 0 fully saturated rings. The first-order valence-electron chi connectivity index (χ1n) is 7.94. The standard InChI is InChI=1S/C19H17ClN2O3.Li/c1-3-22(12-8-5-4-6-9-12)19(25)16-17(23)15-13(20)10-7-11-14(15)21(2)18(16)24;/h4-11,16H,3H2,1-2H3;/q;+1. The number of halogens is 1. The molecule has 0 spiro atoms. The summed E-state index contributed by atoms with van der Waals surface area (Å²) < 4.78 is 0. The second-order valence-corrected chi connectivity index (χ2v) is 6.15. The van der Waals surface area contributed by atoms with Crippen LogP contribution in [-0.4, -0.2) is 31.2 Å². The molecule has 2 aromatic rings. The SMILES string of the molecule is CCN(C(=O)C1C(=O)c2c(Cl)cccc2N(C)C1=O)c1ccccc1.[Li+]. The number of hydrogen-bond acceptors (Lipinski definition) is 3. The van der Waals surface area contributed by atoms with Crippen LogP contribution in [0.3, 0.4) is 0 Å². The fourth-order valence-corrected chi connectivity index (χ4v) is 3.31. The van der Waals surface area contributed by atoms with Gasteiger partial charge >= 0.3 is 18.9 Å². The summed E-state index contributed by atoms with van der Waals surface area (Å²) in [5.41, 5.74) is 1.28. The second kappa shape index (κ2) is 8.09. The van der Waals surface area contributed by atoms with Gasteiger partial charge in [0.05, 0.1) is 16.3 Å². The Labute approximate surface area is 169 Å². The van der Waals surface area contributed by atoms with Crippen molar-refractivity contribution in [2.75, 3.05) is 23.4 Å². The van der Waals surface area contributed by atoms with Gasteiger partial charge in [-0.05, 0) is 31.2 Å². The maximum Gasteiger partial charge on any atom is 1.00 e. The van der Waals surface area contributed by atoms with E-state index in [2.05, 4.69) is 0 Å². The van der Waals surface area contributed by atoms with E-state index in [1.807, 2.05) is 6.07 Å². The van der Waals surface area contributed by atoms with Crippen LogP contribution in [0, 0.1) is 5.92 Å². The molecule has 0 radical (unpaired) electrons. The van der Waals surface area contributed by atoms with E-state index in [-0.39, 0.29) is 29.4 Å². The van der Waals surface area contributed by atoms with Gasteiger partial charge in [-0.1, -0.05) is 35.9 Å². The van der Waals surface area contributed by atoms with E-state index in [1.54, 1.807) is 56.4 Å². The minimum atomic E-state index is -1.42. The quantitative estimate of drug-likeness (QED) is 0.577. The van der Waals surface area contributed by atoms with Gasteiger partial charge in [0, 0.05) is 19.3 Å². The number of carbonyl (C=O) groups is 3. The number of rotatable bonds is 3. The minimum Gasteiger partial charge on any atom is -0.314 e. The van der Waals surface area contributed by atoms with Crippen LogP contribution >= 0.6 is 11.6 Å². The monoisotopic (exact) mass is 363 g/mol. The van der Waals surface area contributed by atoms with Crippen molar-refractivity contribution in [2.24, 2.45) is 5.92 Å². The third kappa shape index (κ3) is 3.31. The molecule has 0 N–H and O–H groups in total. The molecular weight excluding hydrogens is 347 g/mol. The zero-order chi connectivity index (χ0) is 18.1. The molecule has 128 valence electrons. The molecule has 0 bridgehead atoms. The zero-order valence-electron chi connectivity index (χ0n) is 14.9. The van der Waals surface area contributed by atoms with Gasteiger partial charge in [-0.25, -0.2) is 0 Å². The van der Waals surface area contributed by atoms with E-state index in [0.717, 1.165) is 0 Å². The van der Waals surface area contributed by atoms with Crippen LogP contribution in [0.2, 0.25) is 5.02 Å². The molecule has 2 amide bonds. The summed E-state index contributed by atoms with van der Waals surface area (Å²) in [6.07, 6.45) is 0. The third-order valence-corrected chi connectivity index (χ3v) is 4.65. The Bertz CT molecular complexity index is 857. The first-order valence-corrected chi connectivity index (χ1v) is 8.32. The summed E-state index contributed by atoms with van der Waals surface area (Å²) in [6, 6.07) is 13.9. The topological polar surface area (TPSA) is 57.7 Å².